The van der Waals surface area contributed by atoms with Gasteiger partial charge in [0.05, 0.1) is 10.6 Å². The third-order valence-corrected chi connectivity index (χ3v) is 6.99. The summed E-state index contributed by atoms with van der Waals surface area (Å²) in [5.41, 5.74) is 11.1. The second kappa shape index (κ2) is 12.5. The average Bonchev–Trinajstić information content (AvgIpc) is 2.81. The van der Waals surface area contributed by atoms with Gasteiger partial charge in [-0.2, -0.15) is 4.98 Å². The molecule has 34 heavy (non-hydrogen) atoms. The largest absolute Gasteiger partial charge is 0.439 e. The van der Waals surface area contributed by atoms with Gasteiger partial charge in [0.1, 0.15) is 5.75 Å². The van der Waals surface area contributed by atoms with Crippen LogP contribution >= 0.6 is 19.9 Å². The molecule has 0 radical (unpaired) electrons. The Morgan fingerprint density at radius 2 is 1.82 bits per heavy atom. The molecule has 178 valence electrons. The van der Waals surface area contributed by atoms with Crippen LogP contribution in [0.25, 0.3) is 11.3 Å². The van der Waals surface area contributed by atoms with Crippen molar-refractivity contribution in [3.05, 3.63) is 76.3 Å². The van der Waals surface area contributed by atoms with Crippen molar-refractivity contribution in [2.75, 3.05) is 31.3 Å². The van der Waals surface area contributed by atoms with E-state index in [1.165, 1.54) is 29.9 Å². The molecule has 0 fully saturated rings. The number of nitrogens with zero attached hydrogens (tertiary/aromatic N) is 3. The van der Waals surface area contributed by atoms with Crippen LogP contribution in [-0.4, -0.2) is 42.7 Å². The minimum Gasteiger partial charge on any atom is -0.439 e. The van der Waals surface area contributed by atoms with E-state index in [9.17, 15) is 0 Å². The van der Waals surface area contributed by atoms with E-state index in [1.807, 2.05) is 24.3 Å². The number of rotatable bonds is 10. The zero-order chi connectivity index (χ0) is 24.5. The maximum absolute atomic E-state index is 6.16. The van der Waals surface area contributed by atoms with Crippen molar-refractivity contribution in [3.8, 4) is 22.9 Å². The van der Waals surface area contributed by atoms with Crippen molar-refractivity contribution in [2.24, 2.45) is 10.7 Å². The first-order valence-corrected chi connectivity index (χ1v) is 14.3. The summed E-state index contributed by atoms with van der Waals surface area (Å²) in [7, 11) is 1.80. The molecule has 1 heterocycles. The lowest BCUT2D eigenvalue weighted by Crippen LogP contribution is -2.02. The highest BCUT2D eigenvalue weighted by molar-refractivity contribution is 8.05. The Morgan fingerprint density at radius 3 is 2.44 bits per heavy atom. The van der Waals surface area contributed by atoms with Crippen LogP contribution in [0.15, 0.2) is 64.6 Å². The van der Waals surface area contributed by atoms with Gasteiger partial charge in [-0.3, -0.25) is 9.71 Å². The number of aromatic nitrogens is 2. The second-order valence-electron chi connectivity index (χ2n) is 8.14. The topological polar surface area (TPSA) is 85.4 Å². The molecule has 0 spiro atoms. The van der Waals surface area contributed by atoms with Crippen molar-refractivity contribution < 1.29 is 4.74 Å². The Bertz CT molecular complexity index is 1140. The average molecular weight is 494 g/mol. The van der Waals surface area contributed by atoms with Crippen molar-refractivity contribution in [3.63, 3.8) is 0 Å². The van der Waals surface area contributed by atoms with Crippen LogP contribution in [0.5, 0.6) is 11.6 Å². The predicted octanol–water partition coefficient (Wildman–Crippen LogP) is 6.40. The molecule has 0 aliphatic heterocycles. The van der Waals surface area contributed by atoms with Gasteiger partial charge in [-0.05, 0) is 80.5 Å². The molecular formula is C26H32N5OPS. The highest BCUT2D eigenvalue weighted by atomic mass is 32.2. The monoisotopic (exact) mass is 493 g/mol. The Hall–Kier alpha value is -2.89. The smallest absolute Gasteiger partial charge is 0.237 e. The van der Waals surface area contributed by atoms with E-state index in [1.54, 1.807) is 13.3 Å². The molecule has 0 unspecified atom stereocenters. The third-order valence-electron chi connectivity index (χ3n) is 5.11. The van der Waals surface area contributed by atoms with Gasteiger partial charge in [0.15, 0.2) is 0 Å². The fourth-order valence-electron chi connectivity index (χ4n) is 3.40. The lowest BCUT2D eigenvalue weighted by atomic mass is 10.00. The van der Waals surface area contributed by atoms with Gasteiger partial charge in [-0.15, -0.1) is 7.92 Å². The first kappa shape index (κ1) is 25.7. The van der Waals surface area contributed by atoms with Gasteiger partial charge in [-0.25, -0.2) is 4.98 Å². The summed E-state index contributed by atoms with van der Waals surface area (Å²) >= 11 is 1.29. The Kier molecular flexibility index (Phi) is 9.49. The molecule has 0 saturated heterocycles. The Morgan fingerprint density at radius 1 is 1.12 bits per heavy atom. The summed E-state index contributed by atoms with van der Waals surface area (Å²) in [5.74, 6) is 1.64. The Labute approximate surface area is 208 Å². The molecule has 3 aromatic rings. The van der Waals surface area contributed by atoms with E-state index >= 15 is 0 Å². The van der Waals surface area contributed by atoms with Crippen molar-refractivity contribution >= 4 is 32.0 Å². The van der Waals surface area contributed by atoms with E-state index < -0.39 is 0 Å². The highest BCUT2D eigenvalue weighted by Crippen LogP contribution is 2.32. The standard InChI is InChI=1S/C26H32N5OPS/c1-18-7-6-8-19(2)25(18)23-15-24(30-26(29-23)31-34-22(16-27)17-28-3)32-21-11-9-20(10-12-21)13-14-33(4)5/h6-12,15-17H,13-14,27H2,1-5H3,(H,29,30,31). The molecule has 8 heteroatoms. The van der Waals surface area contributed by atoms with Gasteiger partial charge in [0.25, 0.3) is 0 Å². The predicted molar refractivity (Wildman–Crippen MR) is 149 cm³/mol. The van der Waals surface area contributed by atoms with Crippen molar-refractivity contribution in [2.45, 2.75) is 20.3 Å². The maximum Gasteiger partial charge on any atom is 0.237 e. The first-order chi connectivity index (χ1) is 16.4. The lowest BCUT2D eigenvalue weighted by molar-refractivity contribution is 0.463. The summed E-state index contributed by atoms with van der Waals surface area (Å²) in [6.45, 7) is 8.77. The van der Waals surface area contributed by atoms with E-state index in [0.29, 0.717) is 11.8 Å². The SMILES string of the molecule is CN=CC(=CN)SNc1nc(Oc2ccc(CCP(C)C)cc2)cc(-c2c(C)cccc2C)n1. The molecule has 0 bridgehead atoms. The zero-order valence-electron chi connectivity index (χ0n) is 20.4. The number of nitrogens with two attached hydrogens (primary N) is 1. The summed E-state index contributed by atoms with van der Waals surface area (Å²) < 4.78 is 9.33. The molecule has 0 aliphatic rings. The van der Waals surface area contributed by atoms with E-state index in [-0.39, 0.29) is 7.92 Å². The van der Waals surface area contributed by atoms with Gasteiger partial charge < -0.3 is 10.5 Å². The number of hydrogen-bond acceptors (Lipinski definition) is 7. The molecule has 1 aromatic heterocycles. The molecule has 0 amide bonds. The number of allylic oxidation sites excluding steroid dienone is 1. The molecule has 3 rings (SSSR count). The number of benzene rings is 2. The number of aryl methyl sites for hydroxylation is 3. The van der Waals surface area contributed by atoms with Crippen LogP contribution in [0.1, 0.15) is 16.7 Å². The fourth-order valence-corrected chi connectivity index (χ4v) is 4.63. The van der Waals surface area contributed by atoms with Crippen LogP contribution in [0, 0.1) is 13.8 Å². The molecule has 6 nitrogen and oxygen atoms in total. The van der Waals surface area contributed by atoms with Gasteiger partial charge in [0, 0.05) is 31.1 Å². The zero-order valence-corrected chi connectivity index (χ0v) is 22.1. The first-order valence-electron chi connectivity index (χ1n) is 11.0. The molecule has 0 saturated carbocycles. The molecular weight excluding hydrogens is 461 g/mol. The van der Waals surface area contributed by atoms with E-state index in [2.05, 4.69) is 66.1 Å². The minimum absolute atomic E-state index is 0.104. The van der Waals surface area contributed by atoms with Crippen LogP contribution in [0.2, 0.25) is 0 Å². The van der Waals surface area contributed by atoms with Crippen LogP contribution in [0.4, 0.5) is 5.95 Å². The molecule has 2 aromatic carbocycles. The van der Waals surface area contributed by atoms with Crippen LogP contribution < -0.4 is 15.2 Å². The van der Waals surface area contributed by atoms with Gasteiger partial charge in [-0.1, -0.05) is 30.3 Å². The summed E-state index contributed by atoms with van der Waals surface area (Å²) in [4.78, 5) is 14.1. The van der Waals surface area contributed by atoms with Crippen molar-refractivity contribution in [1.82, 2.24) is 9.97 Å². The number of anilines is 1. The highest BCUT2D eigenvalue weighted by Gasteiger charge is 2.13. The second-order valence-corrected chi connectivity index (χ2v) is 11.6. The van der Waals surface area contributed by atoms with Crippen LogP contribution in [0.3, 0.4) is 0 Å². The van der Waals surface area contributed by atoms with Crippen molar-refractivity contribution in [1.29, 1.82) is 0 Å². The minimum atomic E-state index is 0.104. The number of aliphatic imine (C=N–C) groups is 1. The summed E-state index contributed by atoms with van der Waals surface area (Å²) in [6, 6.07) is 16.3. The van der Waals surface area contributed by atoms with Crippen LogP contribution in [-0.2, 0) is 6.42 Å². The quantitative estimate of drug-likeness (QED) is 0.193. The van der Waals surface area contributed by atoms with E-state index in [0.717, 1.165) is 39.5 Å². The van der Waals surface area contributed by atoms with E-state index in [4.69, 9.17) is 15.5 Å². The Balaban J connectivity index is 1.91. The lowest BCUT2D eigenvalue weighted by Gasteiger charge is -2.13. The molecule has 3 N–H and O–H groups in total. The number of nitrogens with one attached hydrogen (secondary N) is 1. The molecule has 0 atom stereocenters. The summed E-state index contributed by atoms with van der Waals surface area (Å²) in [5, 5.41) is 0. The normalized spacial score (nSPS) is 11.9. The number of ether oxygens (including phenoxy) is 1. The third kappa shape index (κ3) is 7.31. The summed E-state index contributed by atoms with van der Waals surface area (Å²) in [6.07, 6.45) is 5.48. The fraction of sp³-hybridized carbons (Fsp3) is 0.269. The molecule has 0 aliphatic carbocycles. The number of hydrogen-bond donors (Lipinski definition) is 2. The maximum atomic E-state index is 6.16. The van der Waals surface area contributed by atoms with Gasteiger partial charge >= 0.3 is 0 Å². The van der Waals surface area contributed by atoms with Gasteiger partial charge in [0.2, 0.25) is 11.8 Å².